The minimum atomic E-state index is -0.389. The molecular weight excluding hydrogens is 318 g/mol. The summed E-state index contributed by atoms with van der Waals surface area (Å²) >= 11 is 0. The van der Waals surface area contributed by atoms with Crippen LogP contribution in [-0.2, 0) is 15.9 Å². The third kappa shape index (κ3) is 3.43. The number of rotatable bonds is 4. The molecule has 2 aliphatic rings. The molecule has 3 heterocycles. The number of benzene rings is 1. The topological polar surface area (TPSA) is 72.4 Å². The van der Waals surface area contributed by atoms with Crippen molar-refractivity contribution in [3.05, 3.63) is 36.0 Å². The Kier molecular flexibility index (Phi) is 4.50. The van der Waals surface area contributed by atoms with Crippen molar-refractivity contribution in [2.45, 2.75) is 32.0 Å². The molecule has 1 aromatic heterocycles. The van der Waals surface area contributed by atoms with Crippen molar-refractivity contribution < 1.29 is 9.47 Å². The number of aryl methyl sites for hydroxylation is 1. The molecule has 0 unspecified atom stereocenters. The van der Waals surface area contributed by atoms with Crippen LogP contribution in [0, 0.1) is 0 Å². The van der Waals surface area contributed by atoms with Gasteiger partial charge in [-0.05, 0) is 18.1 Å². The van der Waals surface area contributed by atoms with Gasteiger partial charge in [-0.3, -0.25) is 0 Å². The lowest BCUT2D eigenvalue weighted by Gasteiger charge is -2.37. The Morgan fingerprint density at radius 3 is 2.68 bits per heavy atom. The van der Waals surface area contributed by atoms with E-state index in [0.29, 0.717) is 25.0 Å². The molecule has 1 aromatic carbocycles. The predicted octanol–water partition coefficient (Wildman–Crippen LogP) is 2.52. The number of hydrogen-bond donors (Lipinski definition) is 1. The fourth-order valence-corrected chi connectivity index (χ4v) is 3.41. The molecule has 0 atom stereocenters. The molecule has 0 bridgehead atoms. The van der Waals surface area contributed by atoms with E-state index in [1.54, 1.807) is 6.20 Å². The third-order valence-electron chi connectivity index (χ3n) is 4.83. The first-order chi connectivity index (χ1) is 12.3. The van der Waals surface area contributed by atoms with Gasteiger partial charge in [0, 0.05) is 31.6 Å². The summed E-state index contributed by atoms with van der Waals surface area (Å²) in [5.74, 6) is 0.964. The van der Waals surface area contributed by atoms with Crippen LogP contribution in [0.5, 0.6) is 0 Å². The summed E-state index contributed by atoms with van der Waals surface area (Å²) in [5, 5.41) is 11.7. The molecule has 4 rings (SSSR count). The maximum atomic E-state index is 5.78. The molecule has 7 nitrogen and oxygen atoms in total. The van der Waals surface area contributed by atoms with Crippen molar-refractivity contribution in [2.24, 2.45) is 0 Å². The highest BCUT2D eigenvalue weighted by Crippen LogP contribution is 2.32. The standard InChI is InChI=1S/C18H23N5O2/c1-2-14-5-3-4-6-15(14)20-16-13-19-22-17(21-16)23-9-7-18(8-10-23)24-11-12-25-18/h3-6,13H,2,7-12H2,1H3,(H,20,21,22). The Labute approximate surface area is 147 Å². The fraction of sp³-hybridized carbons (Fsp3) is 0.500. The van der Waals surface area contributed by atoms with Crippen molar-refractivity contribution >= 4 is 17.5 Å². The highest BCUT2D eigenvalue weighted by molar-refractivity contribution is 5.60. The van der Waals surface area contributed by atoms with Crippen LogP contribution in [0.4, 0.5) is 17.5 Å². The SMILES string of the molecule is CCc1ccccc1Nc1cnnc(N2CCC3(CC2)OCCO3)n1. The molecule has 0 aliphatic carbocycles. The summed E-state index contributed by atoms with van der Waals surface area (Å²) < 4.78 is 11.6. The van der Waals surface area contributed by atoms with E-state index in [9.17, 15) is 0 Å². The number of nitrogens with zero attached hydrogens (tertiary/aromatic N) is 4. The van der Waals surface area contributed by atoms with Gasteiger partial charge in [0.25, 0.3) is 0 Å². The van der Waals surface area contributed by atoms with Crippen LogP contribution in [0.25, 0.3) is 0 Å². The van der Waals surface area contributed by atoms with Gasteiger partial charge in [-0.2, -0.15) is 10.1 Å². The second kappa shape index (κ2) is 6.93. The van der Waals surface area contributed by atoms with Gasteiger partial charge in [0.05, 0.1) is 19.4 Å². The Hall–Kier alpha value is -2.25. The van der Waals surface area contributed by atoms with E-state index in [1.807, 2.05) is 12.1 Å². The summed E-state index contributed by atoms with van der Waals surface area (Å²) in [5.41, 5.74) is 2.31. The molecule has 1 N–H and O–H groups in total. The Morgan fingerprint density at radius 2 is 1.92 bits per heavy atom. The largest absolute Gasteiger partial charge is 0.347 e. The van der Waals surface area contributed by atoms with E-state index in [-0.39, 0.29) is 5.79 Å². The molecule has 2 saturated heterocycles. The first-order valence-electron chi connectivity index (χ1n) is 8.85. The fourth-order valence-electron chi connectivity index (χ4n) is 3.41. The normalized spacial score (nSPS) is 19.3. The van der Waals surface area contributed by atoms with Crippen LogP contribution in [0.3, 0.4) is 0 Å². The van der Waals surface area contributed by atoms with Crippen LogP contribution in [-0.4, -0.2) is 47.3 Å². The van der Waals surface area contributed by atoms with E-state index >= 15 is 0 Å². The monoisotopic (exact) mass is 341 g/mol. The number of hydrogen-bond acceptors (Lipinski definition) is 7. The van der Waals surface area contributed by atoms with Crippen LogP contribution in [0.1, 0.15) is 25.3 Å². The molecule has 2 aromatic rings. The molecule has 0 saturated carbocycles. The van der Waals surface area contributed by atoms with Gasteiger partial charge in [0.2, 0.25) is 5.95 Å². The second-order valence-corrected chi connectivity index (χ2v) is 6.37. The van der Waals surface area contributed by atoms with E-state index in [0.717, 1.165) is 38.0 Å². The Morgan fingerprint density at radius 1 is 1.16 bits per heavy atom. The van der Waals surface area contributed by atoms with Gasteiger partial charge in [-0.15, -0.1) is 5.10 Å². The van der Waals surface area contributed by atoms with Gasteiger partial charge < -0.3 is 19.7 Å². The van der Waals surface area contributed by atoms with Gasteiger partial charge in [-0.25, -0.2) is 0 Å². The molecule has 7 heteroatoms. The highest BCUT2D eigenvalue weighted by Gasteiger charge is 2.40. The van der Waals surface area contributed by atoms with Crippen LogP contribution in [0.2, 0.25) is 0 Å². The van der Waals surface area contributed by atoms with Gasteiger partial charge >= 0.3 is 0 Å². The lowest BCUT2D eigenvalue weighted by atomic mass is 10.0. The number of anilines is 3. The summed E-state index contributed by atoms with van der Waals surface area (Å²) in [6, 6.07) is 8.23. The van der Waals surface area contributed by atoms with E-state index in [1.165, 1.54) is 5.56 Å². The molecule has 2 aliphatic heterocycles. The first kappa shape index (κ1) is 16.2. The smallest absolute Gasteiger partial charge is 0.247 e. The molecule has 0 radical (unpaired) electrons. The first-order valence-corrected chi connectivity index (χ1v) is 8.85. The maximum absolute atomic E-state index is 5.78. The Bertz CT molecular complexity index is 723. The average molecular weight is 341 g/mol. The third-order valence-corrected chi connectivity index (χ3v) is 4.83. The van der Waals surface area contributed by atoms with Gasteiger partial charge in [-0.1, -0.05) is 25.1 Å². The van der Waals surface area contributed by atoms with E-state index in [2.05, 4.69) is 44.5 Å². The van der Waals surface area contributed by atoms with Gasteiger partial charge in [0.1, 0.15) is 0 Å². The molecule has 1 spiro atoms. The molecule has 0 amide bonds. The molecule has 132 valence electrons. The summed E-state index contributed by atoms with van der Waals surface area (Å²) in [7, 11) is 0. The van der Waals surface area contributed by atoms with Crippen molar-refractivity contribution in [2.75, 3.05) is 36.5 Å². The van der Waals surface area contributed by atoms with E-state index < -0.39 is 0 Å². The molecule has 25 heavy (non-hydrogen) atoms. The summed E-state index contributed by atoms with van der Waals surface area (Å²) in [6.07, 6.45) is 4.27. The average Bonchev–Trinajstić information content (AvgIpc) is 3.11. The zero-order valence-electron chi connectivity index (χ0n) is 14.4. The number of para-hydroxylation sites is 1. The zero-order valence-corrected chi connectivity index (χ0v) is 14.4. The Balaban J connectivity index is 1.46. The van der Waals surface area contributed by atoms with E-state index in [4.69, 9.17) is 9.47 Å². The summed E-state index contributed by atoms with van der Waals surface area (Å²) in [6.45, 7) is 5.12. The minimum absolute atomic E-state index is 0.389. The molecular formula is C18H23N5O2. The van der Waals surface area contributed by atoms with Crippen molar-refractivity contribution in [1.82, 2.24) is 15.2 Å². The predicted molar refractivity (Wildman–Crippen MR) is 95.0 cm³/mol. The van der Waals surface area contributed by atoms with Crippen molar-refractivity contribution in [3.8, 4) is 0 Å². The second-order valence-electron chi connectivity index (χ2n) is 6.37. The quantitative estimate of drug-likeness (QED) is 0.916. The zero-order chi connectivity index (χ0) is 17.1. The molecule has 2 fully saturated rings. The van der Waals surface area contributed by atoms with Crippen LogP contribution in [0.15, 0.2) is 30.5 Å². The summed E-state index contributed by atoms with van der Waals surface area (Å²) in [4.78, 5) is 6.78. The van der Waals surface area contributed by atoms with Crippen LogP contribution < -0.4 is 10.2 Å². The van der Waals surface area contributed by atoms with Crippen LogP contribution >= 0.6 is 0 Å². The number of nitrogens with one attached hydrogen (secondary N) is 1. The van der Waals surface area contributed by atoms with Gasteiger partial charge in [0.15, 0.2) is 11.6 Å². The minimum Gasteiger partial charge on any atom is -0.347 e. The number of piperidine rings is 1. The number of aromatic nitrogens is 3. The van der Waals surface area contributed by atoms with Crippen molar-refractivity contribution in [3.63, 3.8) is 0 Å². The number of ether oxygens (including phenoxy) is 2. The lowest BCUT2D eigenvalue weighted by Crippen LogP contribution is -2.45. The maximum Gasteiger partial charge on any atom is 0.247 e. The van der Waals surface area contributed by atoms with Crippen molar-refractivity contribution in [1.29, 1.82) is 0 Å². The highest BCUT2D eigenvalue weighted by atomic mass is 16.7. The lowest BCUT2D eigenvalue weighted by molar-refractivity contribution is -0.169.